The molecule has 128 valence electrons. The molecule has 0 aliphatic rings. The van der Waals surface area contributed by atoms with Gasteiger partial charge in [0.1, 0.15) is 0 Å². The molecule has 0 atom stereocenters. The topological polar surface area (TPSA) is 124 Å². The number of hydrogen-bond acceptors (Lipinski definition) is 7. The highest BCUT2D eigenvalue weighted by Crippen LogP contribution is 2.22. The van der Waals surface area contributed by atoms with Crippen LogP contribution < -0.4 is 5.32 Å². The minimum Gasteiger partial charge on any atom is -0.461 e. The first-order valence-electron chi connectivity index (χ1n) is 7.44. The normalized spacial score (nSPS) is 10.6. The molecule has 1 N–H and O–H groups in total. The monoisotopic (exact) mass is 342 g/mol. The van der Waals surface area contributed by atoms with Crippen molar-refractivity contribution in [3.8, 4) is 11.6 Å². The smallest absolute Gasteiger partial charge is 0.271 e. The highest BCUT2D eigenvalue weighted by Gasteiger charge is 2.14. The molecule has 3 aromatic rings. The Balaban J connectivity index is 1.60. The third-order valence-electron chi connectivity index (χ3n) is 3.48. The molecule has 0 saturated heterocycles. The van der Waals surface area contributed by atoms with Crippen LogP contribution in [0.5, 0.6) is 0 Å². The molecule has 0 unspecified atom stereocenters. The molecule has 1 amide bonds. The quantitative estimate of drug-likeness (QED) is 0.539. The third-order valence-corrected chi connectivity index (χ3v) is 3.48. The van der Waals surface area contributed by atoms with Crippen LogP contribution in [0.2, 0.25) is 0 Å². The van der Waals surface area contributed by atoms with Gasteiger partial charge in [-0.25, -0.2) is 0 Å². The fourth-order valence-corrected chi connectivity index (χ4v) is 2.15. The highest BCUT2D eigenvalue weighted by molar-refractivity contribution is 5.91. The second-order valence-corrected chi connectivity index (χ2v) is 5.29. The van der Waals surface area contributed by atoms with E-state index in [-0.39, 0.29) is 24.4 Å². The van der Waals surface area contributed by atoms with Gasteiger partial charge in [-0.3, -0.25) is 14.9 Å². The average Bonchev–Trinajstić information content (AvgIpc) is 3.26. The van der Waals surface area contributed by atoms with Crippen LogP contribution in [0.4, 0.5) is 11.4 Å². The second-order valence-electron chi connectivity index (χ2n) is 5.29. The maximum atomic E-state index is 12.1. The molecular formula is C16H14N4O5. The van der Waals surface area contributed by atoms with E-state index in [1.807, 2.05) is 0 Å². The van der Waals surface area contributed by atoms with Crippen molar-refractivity contribution >= 4 is 17.3 Å². The molecule has 0 radical (unpaired) electrons. The maximum absolute atomic E-state index is 12.1. The number of carbonyl (C=O) groups excluding carboxylic acids is 1. The number of nitro benzene ring substituents is 1. The number of nitrogens with one attached hydrogen (secondary N) is 1. The molecule has 2 heterocycles. The van der Waals surface area contributed by atoms with E-state index in [1.54, 1.807) is 25.1 Å². The van der Waals surface area contributed by atoms with Crippen molar-refractivity contribution in [3.05, 3.63) is 58.2 Å². The lowest BCUT2D eigenvalue weighted by molar-refractivity contribution is -0.384. The van der Waals surface area contributed by atoms with Gasteiger partial charge in [0.25, 0.3) is 5.69 Å². The number of furan rings is 1. The van der Waals surface area contributed by atoms with Crippen LogP contribution in [0, 0.1) is 17.0 Å². The summed E-state index contributed by atoms with van der Waals surface area (Å²) in [6.45, 7) is 1.76. The number of nitro groups is 1. The standard InChI is InChI=1S/C16H14N4O5/c1-10-4-5-11(20(22)23)9-12(10)17-14(21)6-7-15-18-16(19-25-15)13-3-2-8-24-13/h2-5,8-9H,6-7H2,1H3,(H,17,21). The van der Waals surface area contributed by atoms with E-state index in [0.29, 0.717) is 23.2 Å². The Kier molecular flexibility index (Phi) is 4.55. The van der Waals surface area contributed by atoms with Crippen LogP contribution in [-0.4, -0.2) is 21.0 Å². The Bertz CT molecular complexity index is 901. The number of aromatic nitrogens is 2. The van der Waals surface area contributed by atoms with Crippen LogP contribution in [0.25, 0.3) is 11.6 Å². The van der Waals surface area contributed by atoms with Crippen molar-refractivity contribution in [2.75, 3.05) is 5.32 Å². The van der Waals surface area contributed by atoms with Gasteiger partial charge in [0, 0.05) is 25.0 Å². The zero-order valence-electron chi connectivity index (χ0n) is 13.3. The molecule has 9 nitrogen and oxygen atoms in total. The Morgan fingerprint density at radius 2 is 2.20 bits per heavy atom. The SMILES string of the molecule is Cc1ccc([N+](=O)[O-])cc1NC(=O)CCc1nc(-c2ccco2)no1. The zero-order valence-corrected chi connectivity index (χ0v) is 13.3. The van der Waals surface area contributed by atoms with Gasteiger partial charge in [0.2, 0.25) is 17.6 Å². The zero-order chi connectivity index (χ0) is 17.8. The summed E-state index contributed by atoms with van der Waals surface area (Å²) in [6.07, 6.45) is 1.84. The molecule has 9 heteroatoms. The number of nitrogens with zero attached hydrogens (tertiary/aromatic N) is 3. The van der Waals surface area contributed by atoms with E-state index in [1.165, 1.54) is 18.4 Å². The predicted octanol–water partition coefficient (Wildman–Crippen LogP) is 3.12. The number of benzene rings is 1. The van der Waals surface area contributed by atoms with Crippen LogP contribution in [-0.2, 0) is 11.2 Å². The van der Waals surface area contributed by atoms with Crippen molar-refractivity contribution in [1.29, 1.82) is 0 Å². The Morgan fingerprint density at radius 1 is 1.36 bits per heavy atom. The first-order valence-corrected chi connectivity index (χ1v) is 7.44. The lowest BCUT2D eigenvalue weighted by Gasteiger charge is -2.07. The van der Waals surface area contributed by atoms with Gasteiger partial charge in [-0.1, -0.05) is 11.2 Å². The van der Waals surface area contributed by atoms with Gasteiger partial charge in [-0.05, 0) is 24.6 Å². The molecule has 2 aromatic heterocycles. The molecule has 3 rings (SSSR count). The number of non-ortho nitro benzene ring substituents is 1. The van der Waals surface area contributed by atoms with E-state index < -0.39 is 4.92 Å². The molecule has 25 heavy (non-hydrogen) atoms. The summed E-state index contributed by atoms with van der Waals surface area (Å²) in [6, 6.07) is 7.71. The summed E-state index contributed by atoms with van der Waals surface area (Å²) in [5, 5.41) is 17.3. The van der Waals surface area contributed by atoms with Crippen LogP contribution in [0.3, 0.4) is 0 Å². The van der Waals surface area contributed by atoms with Crippen molar-refractivity contribution in [2.45, 2.75) is 19.8 Å². The Labute approximate surface area is 141 Å². The fraction of sp³-hybridized carbons (Fsp3) is 0.188. The van der Waals surface area contributed by atoms with E-state index in [4.69, 9.17) is 8.94 Å². The predicted molar refractivity (Wildman–Crippen MR) is 86.8 cm³/mol. The van der Waals surface area contributed by atoms with Gasteiger partial charge < -0.3 is 14.3 Å². The van der Waals surface area contributed by atoms with E-state index in [0.717, 1.165) is 5.56 Å². The van der Waals surface area contributed by atoms with Crippen molar-refractivity contribution in [3.63, 3.8) is 0 Å². The number of anilines is 1. The fourth-order valence-electron chi connectivity index (χ4n) is 2.15. The molecule has 0 aliphatic heterocycles. The number of rotatable bonds is 6. The summed E-state index contributed by atoms with van der Waals surface area (Å²) >= 11 is 0. The van der Waals surface area contributed by atoms with Gasteiger partial charge in [-0.15, -0.1) is 0 Å². The van der Waals surface area contributed by atoms with Crippen molar-refractivity contribution in [1.82, 2.24) is 10.1 Å². The van der Waals surface area contributed by atoms with E-state index in [9.17, 15) is 14.9 Å². The first-order chi connectivity index (χ1) is 12.0. The summed E-state index contributed by atoms with van der Waals surface area (Å²) in [4.78, 5) is 26.5. The number of aryl methyl sites for hydroxylation is 2. The molecular weight excluding hydrogens is 328 g/mol. The Hall–Kier alpha value is -3.49. The van der Waals surface area contributed by atoms with Crippen LogP contribution in [0.15, 0.2) is 45.5 Å². The van der Waals surface area contributed by atoms with Crippen LogP contribution in [0.1, 0.15) is 17.9 Å². The van der Waals surface area contributed by atoms with Gasteiger partial charge >= 0.3 is 0 Å². The van der Waals surface area contributed by atoms with Gasteiger partial charge in [0.15, 0.2) is 5.76 Å². The summed E-state index contributed by atoms with van der Waals surface area (Å²) in [5.41, 5.74) is 1.05. The average molecular weight is 342 g/mol. The molecule has 0 aliphatic carbocycles. The summed E-state index contributed by atoms with van der Waals surface area (Å²) < 4.78 is 10.2. The van der Waals surface area contributed by atoms with Crippen LogP contribution >= 0.6 is 0 Å². The molecule has 1 aromatic carbocycles. The van der Waals surface area contributed by atoms with Crippen molar-refractivity contribution < 1.29 is 18.7 Å². The number of hydrogen-bond donors (Lipinski definition) is 1. The largest absolute Gasteiger partial charge is 0.461 e. The maximum Gasteiger partial charge on any atom is 0.271 e. The number of carbonyl (C=O) groups is 1. The summed E-state index contributed by atoms with van der Waals surface area (Å²) in [7, 11) is 0. The molecule has 0 bridgehead atoms. The lowest BCUT2D eigenvalue weighted by atomic mass is 10.1. The lowest BCUT2D eigenvalue weighted by Crippen LogP contribution is -2.13. The highest BCUT2D eigenvalue weighted by atomic mass is 16.6. The molecule has 0 saturated carbocycles. The number of amides is 1. The van der Waals surface area contributed by atoms with Gasteiger partial charge in [0.05, 0.1) is 16.9 Å². The van der Waals surface area contributed by atoms with E-state index in [2.05, 4.69) is 15.5 Å². The molecule has 0 fully saturated rings. The molecule has 0 spiro atoms. The third kappa shape index (κ3) is 3.89. The Morgan fingerprint density at radius 3 is 2.92 bits per heavy atom. The first kappa shape index (κ1) is 16.4. The minimum atomic E-state index is -0.510. The van der Waals surface area contributed by atoms with Gasteiger partial charge in [-0.2, -0.15) is 4.98 Å². The van der Waals surface area contributed by atoms with E-state index >= 15 is 0 Å². The van der Waals surface area contributed by atoms with Crippen molar-refractivity contribution in [2.24, 2.45) is 0 Å². The summed E-state index contributed by atoms with van der Waals surface area (Å²) in [5.74, 6) is 0.792. The second kappa shape index (κ2) is 6.95. The minimum absolute atomic E-state index is 0.0825.